The number of nitrogens with one attached hydrogen (secondary N) is 1. The van der Waals surface area contributed by atoms with Crippen LogP contribution in [0.5, 0.6) is 0 Å². The number of aryl methyl sites for hydroxylation is 1. The van der Waals surface area contributed by atoms with E-state index in [-0.39, 0.29) is 0 Å². The van der Waals surface area contributed by atoms with E-state index in [2.05, 4.69) is 47.7 Å². The van der Waals surface area contributed by atoms with Crippen molar-refractivity contribution in [3.8, 4) is 0 Å². The molecule has 1 aliphatic heterocycles. The van der Waals surface area contributed by atoms with Crippen molar-refractivity contribution in [3.05, 3.63) is 35.4 Å². The summed E-state index contributed by atoms with van der Waals surface area (Å²) in [5.41, 5.74) is 2.64. The molecular weight excluding hydrogens is 292 g/mol. The highest BCUT2D eigenvalue weighted by Crippen LogP contribution is 2.21. The summed E-state index contributed by atoms with van der Waals surface area (Å²) in [6.45, 7) is 4.95. The van der Waals surface area contributed by atoms with Crippen molar-refractivity contribution in [1.29, 1.82) is 0 Å². The standard InChI is InChI=1S/C18H28N2OS/c1-15-5-3-6-16(13-15)14-19-10-9-17-7-8-18(21)20(17)11-4-12-22-2/h3,5-6,13,17,19H,4,7-12,14H2,1-2H3/t17-/m0/s1. The predicted molar refractivity (Wildman–Crippen MR) is 95.2 cm³/mol. The Labute approximate surface area is 138 Å². The molecule has 2 rings (SSSR count). The van der Waals surface area contributed by atoms with Gasteiger partial charge in [0.05, 0.1) is 0 Å². The normalized spacial score (nSPS) is 18.2. The SMILES string of the molecule is CSCCCN1C(=O)CC[C@H]1CCNCc1cccc(C)c1. The molecular formula is C18H28N2OS. The Morgan fingerprint density at radius 2 is 2.27 bits per heavy atom. The fourth-order valence-corrected chi connectivity index (χ4v) is 3.52. The summed E-state index contributed by atoms with van der Waals surface area (Å²) >= 11 is 1.86. The lowest BCUT2D eigenvalue weighted by Gasteiger charge is -2.25. The van der Waals surface area contributed by atoms with E-state index < -0.39 is 0 Å². The Morgan fingerprint density at radius 3 is 3.05 bits per heavy atom. The Morgan fingerprint density at radius 1 is 1.41 bits per heavy atom. The second-order valence-corrected chi connectivity index (χ2v) is 7.07. The summed E-state index contributed by atoms with van der Waals surface area (Å²) in [4.78, 5) is 14.1. The molecule has 0 bridgehead atoms. The molecule has 1 aliphatic rings. The zero-order valence-corrected chi connectivity index (χ0v) is 14.6. The van der Waals surface area contributed by atoms with Gasteiger partial charge in [0, 0.05) is 25.6 Å². The van der Waals surface area contributed by atoms with Crippen LogP contribution in [0.15, 0.2) is 24.3 Å². The fraction of sp³-hybridized carbons (Fsp3) is 0.611. The molecule has 0 unspecified atom stereocenters. The average Bonchev–Trinajstić information content (AvgIpc) is 2.85. The van der Waals surface area contributed by atoms with Crippen molar-refractivity contribution in [2.24, 2.45) is 0 Å². The maximum absolute atomic E-state index is 12.0. The Balaban J connectivity index is 1.70. The van der Waals surface area contributed by atoms with Crippen LogP contribution in [0, 0.1) is 6.92 Å². The van der Waals surface area contributed by atoms with Crippen LogP contribution in [0.3, 0.4) is 0 Å². The van der Waals surface area contributed by atoms with Gasteiger partial charge in [0.15, 0.2) is 0 Å². The molecule has 0 radical (unpaired) electrons. The molecule has 1 N–H and O–H groups in total. The van der Waals surface area contributed by atoms with Crippen LogP contribution in [0.1, 0.15) is 36.8 Å². The van der Waals surface area contributed by atoms with Crippen LogP contribution >= 0.6 is 11.8 Å². The Bertz CT molecular complexity index is 478. The maximum atomic E-state index is 12.0. The topological polar surface area (TPSA) is 32.3 Å². The summed E-state index contributed by atoms with van der Waals surface area (Å²) in [6.07, 6.45) is 6.07. The maximum Gasteiger partial charge on any atom is 0.222 e. The third kappa shape index (κ3) is 5.33. The lowest BCUT2D eigenvalue weighted by atomic mass is 10.1. The fourth-order valence-electron chi connectivity index (χ4n) is 3.10. The van der Waals surface area contributed by atoms with Gasteiger partial charge in [0.1, 0.15) is 0 Å². The molecule has 0 aromatic heterocycles. The van der Waals surface area contributed by atoms with Gasteiger partial charge in [-0.15, -0.1) is 0 Å². The number of rotatable bonds is 9. The molecule has 4 heteroatoms. The van der Waals surface area contributed by atoms with E-state index in [1.165, 1.54) is 11.1 Å². The first kappa shape index (κ1) is 17.4. The summed E-state index contributed by atoms with van der Waals surface area (Å²) < 4.78 is 0. The summed E-state index contributed by atoms with van der Waals surface area (Å²) in [5, 5.41) is 3.52. The zero-order chi connectivity index (χ0) is 15.8. The van der Waals surface area contributed by atoms with E-state index in [4.69, 9.17) is 0 Å². The highest BCUT2D eigenvalue weighted by Gasteiger charge is 2.29. The lowest BCUT2D eigenvalue weighted by Crippen LogP contribution is -2.36. The van der Waals surface area contributed by atoms with Crippen molar-refractivity contribution in [2.45, 2.75) is 45.2 Å². The van der Waals surface area contributed by atoms with Crippen LogP contribution in [0.2, 0.25) is 0 Å². The van der Waals surface area contributed by atoms with Gasteiger partial charge in [0.25, 0.3) is 0 Å². The number of thioether (sulfide) groups is 1. The van der Waals surface area contributed by atoms with Gasteiger partial charge in [-0.1, -0.05) is 29.8 Å². The summed E-state index contributed by atoms with van der Waals surface area (Å²) in [7, 11) is 0. The average molecular weight is 321 g/mol. The molecule has 1 aromatic rings. The third-order valence-corrected chi connectivity index (χ3v) is 4.96. The van der Waals surface area contributed by atoms with Gasteiger partial charge < -0.3 is 10.2 Å². The third-order valence-electron chi connectivity index (χ3n) is 4.27. The number of carbonyl (C=O) groups is 1. The summed E-state index contributed by atoms with van der Waals surface area (Å²) in [6, 6.07) is 9.06. The van der Waals surface area contributed by atoms with Crippen molar-refractivity contribution in [3.63, 3.8) is 0 Å². The highest BCUT2D eigenvalue weighted by molar-refractivity contribution is 7.98. The molecule has 1 aromatic carbocycles. The number of nitrogens with zero attached hydrogens (tertiary/aromatic N) is 1. The smallest absolute Gasteiger partial charge is 0.222 e. The molecule has 1 saturated heterocycles. The molecule has 1 fully saturated rings. The minimum Gasteiger partial charge on any atom is -0.340 e. The number of hydrogen-bond acceptors (Lipinski definition) is 3. The van der Waals surface area contributed by atoms with Crippen molar-refractivity contribution in [2.75, 3.05) is 25.1 Å². The largest absolute Gasteiger partial charge is 0.340 e. The molecule has 0 aliphatic carbocycles. The number of carbonyl (C=O) groups excluding carboxylic acids is 1. The van der Waals surface area contributed by atoms with Gasteiger partial charge in [-0.25, -0.2) is 0 Å². The first-order chi connectivity index (χ1) is 10.7. The van der Waals surface area contributed by atoms with Gasteiger partial charge in [0.2, 0.25) is 5.91 Å². The first-order valence-corrected chi connectivity index (χ1v) is 9.65. The van der Waals surface area contributed by atoms with Crippen LogP contribution < -0.4 is 5.32 Å². The van der Waals surface area contributed by atoms with Crippen LogP contribution in [0.25, 0.3) is 0 Å². The van der Waals surface area contributed by atoms with Crippen molar-refractivity contribution >= 4 is 17.7 Å². The molecule has 0 saturated carbocycles. The monoisotopic (exact) mass is 320 g/mol. The Hall–Kier alpha value is -1.00. The first-order valence-electron chi connectivity index (χ1n) is 8.25. The minimum atomic E-state index is 0.352. The highest BCUT2D eigenvalue weighted by atomic mass is 32.2. The van der Waals surface area contributed by atoms with E-state index in [1.54, 1.807) is 0 Å². The molecule has 3 nitrogen and oxygen atoms in total. The number of amides is 1. The minimum absolute atomic E-state index is 0.352. The molecule has 0 spiro atoms. The van der Waals surface area contributed by atoms with E-state index in [0.29, 0.717) is 11.9 Å². The lowest BCUT2D eigenvalue weighted by molar-refractivity contribution is -0.129. The van der Waals surface area contributed by atoms with Gasteiger partial charge in [-0.05, 0) is 50.3 Å². The quantitative estimate of drug-likeness (QED) is 0.709. The zero-order valence-electron chi connectivity index (χ0n) is 13.8. The number of likely N-dealkylation sites (tertiary alicyclic amines) is 1. The summed E-state index contributed by atoms with van der Waals surface area (Å²) in [5.74, 6) is 1.49. The van der Waals surface area contributed by atoms with Crippen LogP contribution in [-0.2, 0) is 11.3 Å². The van der Waals surface area contributed by atoms with Gasteiger partial charge in [-0.2, -0.15) is 11.8 Å². The molecule has 1 heterocycles. The molecule has 1 amide bonds. The second kappa shape index (κ2) is 9.21. The predicted octanol–water partition coefficient (Wildman–Crippen LogP) is 3.22. The van der Waals surface area contributed by atoms with E-state index in [9.17, 15) is 4.79 Å². The van der Waals surface area contributed by atoms with E-state index >= 15 is 0 Å². The van der Waals surface area contributed by atoms with E-state index in [1.807, 2.05) is 11.8 Å². The Kier molecular flexibility index (Phi) is 7.26. The van der Waals surface area contributed by atoms with Crippen LogP contribution in [0.4, 0.5) is 0 Å². The molecule has 22 heavy (non-hydrogen) atoms. The van der Waals surface area contributed by atoms with Gasteiger partial charge in [-0.3, -0.25) is 4.79 Å². The molecule has 122 valence electrons. The van der Waals surface area contributed by atoms with Gasteiger partial charge >= 0.3 is 0 Å². The molecule has 1 atom stereocenters. The number of benzene rings is 1. The van der Waals surface area contributed by atoms with E-state index in [0.717, 1.165) is 51.1 Å². The van der Waals surface area contributed by atoms with Crippen molar-refractivity contribution in [1.82, 2.24) is 10.2 Å². The van der Waals surface area contributed by atoms with Crippen molar-refractivity contribution < 1.29 is 4.79 Å². The number of hydrogen-bond donors (Lipinski definition) is 1. The second-order valence-electron chi connectivity index (χ2n) is 6.08. The van der Waals surface area contributed by atoms with Crippen LogP contribution in [-0.4, -0.2) is 41.9 Å².